The molecule has 2 saturated heterocycles. The van der Waals surface area contributed by atoms with Crippen molar-refractivity contribution in [2.45, 2.75) is 68.9 Å². The summed E-state index contributed by atoms with van der Waals surface area (Å²) in [6, 6.07) is 19.2. The first-order valence-electron chi connectivity index (χ1n) is 17.3. The quantitative estimate of drug-likeness (QED) is 0.253. The van der Waals surface area contributed by atoms with Crippen molar-refractivity contribution in [2.24, 2.45) is 0 Å². The van der Waals surface area contributed by atoms with Crippen molar-refractivity contribution in [2.75, 3.05) is 57.7 Å². The predicted octanol–water partition coefficient (Wildman–Crippen LogP) is 6.61. The number of piperazine rings is 1. The molecule has 2 amide bonds. The molecule has 3 aromatic rings. The first-order valence-corrected chi connectivity index (χ1v) is 18.7. The third-order valence-electron chi connectivity index (χ3n) is 10.4. The summed E-state index contributed by atoms with van der Waals surface area (Å²) in [6.07, 6.45) is 1.52. The molecule has 51 heavy (non-hydrogen) atoms. The van der Waals surface area contributed by atoms with Gasteiger partial charge >= 0.3 is 6.09 Å². The monoisotopic (exact) mass is 760 g/mol. The Kier molecular flexibility index (Phi) is 12.8. The molecule has 278 valence electrons. The fourth-order valence-corrected chi connectivity index (χ4v) is 8.85. The molecule has 2 fully saturated rings. The summed E-state index contributed by atoms with van der Waals surface area (Å²) in [6.45, 7) is 12.4. The van der Waals surface area contributed by atoms with Crippen LogP contribution in [0.1, 0.15) is 74.6 Å². The molecule has 0 spiro atoms. The van der Waals surface area contributed by atoms with Gasteiger partial charge in [-0.1, -0.05) is 64.1 Å². The van der Waals surface area contributed by atoms with E-state index in [1.54, 1.807) is 47.4 Å². The second kappa shape index (κ2) is 16.1. The minimum absolute atomic E-state index is 0. The summed E-state index contributed by atoms with van der Waals surface area (Å²) in [4.78, 5) is 35.9. The van der Waals surface area contributed by atoms with Crippen molar-refractivity contribution < 1.29 is 27.5 Å². The maximum atomic E-state index is 15.2. The number of rotatable bonds is 8. The number of hydrogen-bond donors (Lipinski definition) is 0. The average Bonchev–Trinajstić information content (AvgIpc) is 3.36. The second-order valence-electron chi connectivity index (χ2n) is 14.0. The van der Waals surface area contributed by atoms with Gasteiger partial charge in [0.05, 0.1) is 17.7 Å². The third-order valence-corrected chi connectivity index (χ3v) is 12.1. The number of amides is 2. The molecule has 1 unspecified atom stereocenters. The Morgan fingerprint density at radius 1 is 0.824 bits per heavy atom. The highest BCUT2D eigenvalue weighted by Gasteiger charge is 2.60. The van der Waals surface area contributed by atoms with Gasteiger partial charge in [0.1, 0.15) is 5.75 Å². The molecule has 0 N–H and O–H groups in total. The summed E-state index contributed by atoms with van der Waals surface area (Å²) in [5, 5.41) is 0. The molecule has 0 aliphatic carbocycles. The predicted molar refractivity (Wildman–Crippen MR) is 204 cm³/mol. The number of benzene rings is 3. The number of halogens is 2. The molecule has 0 saturated carbocycles. The Hall–Kier alpha value is -3.35. The SMILES string of the molecule is COc1ccc2c(c1)C(OC(=O)N1CCN(C3CCN(C)CC3)CC1)(c1ccccc1C(C)C)C(=O)N2S(=O)(=O)c1ccc(C(C)C)cc1.Cl.Cl. The van der Waals surface area contributed by atoms with E-state index in [9.17, 15) is 13.2 Å². The summed E-state index contributed by atoms with van der Waals surface area (Å²) < 4.78 is 41.9. The van der Waals surface area contributed by atoms with Crippen LogP contribution in [0.15, 0.2) is 71.6 Å². The van der Waals surface area contributed by atoms with Gasteiger partial charge in [0.15, 0.2) is 0 Å². The van der Waals surface area contributed by atoms with Crippen LogP contribution in [0.25, 0.3) is 0 Å². The molecule has 3 aliphatic rings. The van der Waals surface area contributed by atoms with Gasteiger partial charge in [-0.15, -0.1) is 24.8 Å². The van der Waals surface area contributed by atoms with Crippen LogP contribution in [0.4, 0.5) is 10.5 Å². The smallest absolute Gasteiger partial charge is 0.411 e. The number of nitrogens with zero attached hydrogens (tertiary/aromatic N) is 4. The van der Waals surface area contributed by atoms with Gasteiger partial charge in [0, 0.05) is 43.3 Å². The van der Waals surface area contributed by atoms with Gasteiger partial charge in [-0.25, -0.2) is 13.2 Å². The Morgan fingerprint density at radius 2 is 1.45 bits per heavy atom. The first kappa shape index (κ1) is 40.4. The lowest BCUT2D eigenvalue weighted by Crippen LogP contribution is -2.55. The van der Waals surface area contributed by atoms with Crippen molar-refractivity contribution in [3.05, 3.63) is 89.0 Å². The minimum Gasteiger partial charge on any atom is -0.497 e. The van der Waals surface area contributed by atoms with Crippen LogP contribution >= 0.6 is 24.8 Å². The zero-order valence-electron chi connectivity index (χ0n) is 30.2. The standard InChI is InChI=1S/C38H48N4O6S.2ClH/c1-26(2)28-11-14-31(15-12-28)49(45,46)42-35-16-13-30(47-6)25-34(35)38(36(42)43,33-10-8-7-9-32(33)27(3)4)48-37(44)41-23-21-40(22-24-41)29-17-19-39(5)20-18-29;;/h7-16,25-27,29H,17-24H2,1-6H3;2*1H. The van der Waals surface area contributed by atoms with E-state index in [4.69, 9.17) is 9.47 Å². The number of fused-ring (bicyclic) bond motifs is 1. The summed E-state index contributed by atoms with van der Waals surface area (Å²) in [5.74, 6) is -0.332. The van der Waals surface area contributed by atoms with E-state index in [1.165, 1.54) is 19.2 Å². The van der Waals surface area contributed by atoms with Gasteiger partial charge in [-0.3, -0.25) is 9.69 Å². The summed E-state index contributed by atoms with van der Waals surface area (Å²) in [5.41, 5.74) is 0.447. The molecular weight excluding hydrogens is 711 g/mol. The molecule has 6 rings (SSSR count). The van der Waals surface area contributed by atoms with Crippen LogP contribution in [0, 0.1) is 0 Å². The maximum absolute atomic E-state index is 15.2. The van der Waals surface area contributed by atoms with Crippen LogP contribution in [0.5, 0.6) is 5.75 Å². The number of anilines is 1. The van der Waals surface area contributed by atoms with Crippen LogP contribution in [0.2, 0.25) is 0 Å². The summed E-state index contributed by atoms with van der Waals surface area (Å²) >= 11 is 0. The lowest BCUT2D eigenvalue weighted by atomic mass is 9.81. The molecule has 3 heterocycles. The molecule has 0 aromatic heterocycles. The molecule has 3 aliphatic heterocycles. The summed E-state index contributed by atoms with van der Waals surface area (Å²) in [7, 11) is -0.786. The van der Waals surface area contributed by atoms with E-state index in [0.717, 1.165) is 41.4 Å². The Balaban J connectivity index is 0.00000292. The number of carbonyl (C=O) groups is 2. The number of piperidine rings is 1. The van der Waals surface area contributed by atoms with Gasteiger partial charge in [-0.05, 0) is 86.3 Å². The van der Waals surface area contributed by atoms with Crippen LogP contribution in [-0.4, -0.2) is 94.6 Å². The van der Waals surface area contributed by atoms with Crippen LogP contribution in [-0.2, 0) is 25.2 Å². The maximum Gasteiger partial charge on any atom is 0.411 e. The highest BCUT2D eigenvalue weighted by Crippen LogP contribution is 2.52. The van der Waals surface area contributed by atoms with Crippen molar-refractivity contribution in [1.29, 1.82) is 0 Å². The Bertz CT molecular complexity index is 1810. The largest absolute Gasteiger partial charge is 0.497 e. The first-order chi connectivity index (χ1) is 23.4. The van der Waals surface area contributed by atoms with Gasteiger partial charge in [0.25, 0.3) is 15.9 Å². The van der Waals surface area contributed by atoms with Gasteiger partial charge in [-0.2, -0.15) is 4.31 Å². The number of likely N-dealkylation sites (tertiary alicyclic amines) is 1. The third kappa shape index (κ3) is 7.46. The van der Waals surface area contributed by atoms with Crippen molar-refractivity contribution in [3.63, 3.8) is 0 Å². The van der Waals surface area contributed by atoms with E-state index < -0.39 is 27.6 Å². The molecule has 13 heteroatoms. The highest BCUT2D eigenvalue weighted by molar-refractivity contribution is 7.93. The molecular formula is C38H50Cl2N4O6S. The Labute approximate surface area is 314 Å². The van der Waals surface area contributed by atoms with Crippen LogP contribution in [0.3, 0.4) is 0 Å². The molecule has 0 bridgehead atoms. The van der Waals surface area contributed by atoms with E-state index in [-0.39, 0.29) is 52.8 Å². The molecule has 3 aromatic carbocycles. The van der Waals surface area contributed by atoms with E-state index >= 15 is 4.79 Å². The zero-order chi connectivity index (χ0) is 35.1. The Morgan fingerprint density at radius 3 is 2.04 bits per heavy atom. The van der Waals surface area contributed by atoms with E-state index in [1.807, 2.05) is 39.8 Å². The molecule has 10 nitrogen and oxygen atoms in total. The number of carbonyl (C=O) groups excluding carboxylic acids is 2. The minimum atomic E-state index is -4.43. The molecule has 1 atom stereocenters. The average molecular weight is 762 g/mol. The highest BCUT2D eigenvalue weighted by atomic mass is 35.5. The van der Waals surface area contributed by atoms with Crippen molar-refractivity contribution in [3.8, 4) is 5.75 Å². The normalized spacial score (nSPS) is 20.2. The zero-order valence-corrected chi connectivity index (χ0v) is 32.7. The number of hydrogen-bond acceptors (Lipinski definition) is 8. The fourth-order valence-electron chi connectivity index (χ4n) is 7.40. The lowest BCUT2D eigenvalue weighted by Gasteiger charge is -2.42. The second-order valence-corrected chi connectivity index (χ2v) is 15.8. The van der Waals surface area contributed by atoms with E-state index in [0.29, 0.717) is 43.5 Å². The number of methoxy groups -OCH3 is 1. The van der Waals surface area contributed by atoms with E-state index in [2.05, 4.69) is 16.8 Å². The van der Waals surface area contributed by atoms with Crippen LogP contribution < -0.4 is 9.04 Å². The lowest BCUT2D eigenvalue weighted by molar-refractivity contribution is -0.132. The fraction of sp³-hybridized carbons (Fsp3) is 0.474. The molecule has 0 radical (unpaired) electrons. The topological polar surface area (TPSA) is 99.7 Å². The number of ether oxygens (including phenoxy) is 2. The van der Waals surface area contributed by atoms with Gasteiger partial charge in [0.2, 0.25) is 5.60 Å². The number of sulfonamides is 1. The van der Waals surface area contributed by atoms with Crippen molar-refractivity contribution >= 4 is 52.5 Å². The van der Waals surface area contributed by atoms with Gasteiger partial charge < -0.3 is 19.3 Å². The van der Waals surface area contributed by atoms with Crippen molar-refractivity contribution in [1.82, 2.24) is 14.7 Å².